The normalized spacial score (nSPS) is 10.7. The van der Waals surface area contributed by atoms with Crippen LogP contribution in [0.15, 0.2) is 90.0 Å². The second-order valence-electron chi connectivity index (χ2n) is 7.72. The molecule has 0 spiro atoms. The third kappa shape index (κ3) is 4.00. The largest absolute Gasteiger partial charge is 0.339 e. The fourth-order valence-corrected chi connectivity index (χ4v) is 3.67. The molecule has 2 heterocycles. The molecule has 0 aliphatic carbocycles. The summed E-state index contributed by atoms with van der Waals surface area (Å²) in [6, 6.07) is 24.7. The summed E-state index contributed by atoms with van der Waals surface area (Å²) in [5, 5.41) is 17.9. The predicted octanol–water partition coefficient (Wildman–Crippen LogP) is 4.73. The van der Waals surface area contributed by atoms with Gasteiger partial charge >= 0.3 is 0 Å². The Morgan fingerprint density at radius 2 is 1.65 bits per heavy atom. The molecule has 5 rings (SSSR count). The minimum absolute atomic E-state index is 0.173. The number of aromatic nitrogens is 5. The molecular weight excluding hydrogens is 426 g/mol. The third-order valence-electron chi connectivity index (χ3n) is 5.42. The number of anilines is 2. The highest BCUT2D eigenvalue weighted by Crippen LogP contribution is 2.26. The number of aromatic amines is 1. The van der Waals surface area contributed by atoms with Crippen molar-refractivity contribution in [2.75, 3.05) is 5.32 Å². The molecule has 0 aliphatic heterocycles. The number of benzene rings is 3. The van der Waals surface area contributed by atoms with Crippen LogP contribution in [-0.4, -0.2) is 30.9 Å². The number of rotatable bonds is 6. The first kappa shape index (κ1) is 21.0. The average Bonchev–Trinajstić information content (AvgIpc) is 3.41. The lowest BCUT2D eigenvalue weighted by molar-refractivity contribution is 0.947. The van der Waals surface area contributed by atoms with Crippen molar-refractivity contribution in [3.63, 3.8) is 0 Å². The van der Waals surface area contributed by atoms with E-state index in [1.165, 1.54) is 6.33 Å². The van der Waals surface area contributed by atoms with E-state index in [0.717, 1.165) is 28.6 Å². The lowest BCUT2D eigenvalue weighted by atomic mass is 10.1. The van der Waals surface area contributed by atoms with E-state index in [4.69, 9.17) is 10.4 Å². The maximum atomic E-state index is 13.7. The van der Waals surface area contributed by atoms with Crippen LogP contribution < -0.4 is 10.9 Å². The lowest BCUT2D eigenvalue weighted by Crippen LogP contribution is -2.26. The van der Waals surface area contributed by atoms with Crippen molar-refractivity contribution < 1.29 is 0 Å². The smallest absolute Gasteiger partial charge is 0.269 e. The second kappa shape index (κ2) is 8.95. The number of aryl methyl sites for hydroxylation is 1. The van der Waals surface area contributed by atoms with Gasteiger partial charge in [0.2, 0.25) is 0 Å². The van der Waals surface area contributed by atoms with Gasteiger partial charge in [-0.2, -0.15) is 5.10 Å². The highest BCUT2D eigenvalue weighted by molar-refractivity contribution is 5.86. The maximum absolute atomic E-state index is 13.7. The summed E-state index contributed by atoms with van der Waals surface area (Å²) in [5.74, 6) is 1.44. The van der Waals surface area contributed by atoms with E-state index in [2.05, 4.69) is 20.5 Å². The molecule has 0 bridgehead atoms. The van der Waals surface area contributed by atoms with E-state index in [0.29, 0.717) is 23.2 Å². The van der Waals surface area contributed by atoms with Gasteiger partial charge in [-0.05, 0) is 31.2 Å². The lowest BCUT2D eigenvalue weighted by Gasteiger charge is -2.17. The van der Waals surface area contributed by atoms with E-state index >= 15 is 0 Å². The molecule has 34 heavy (non-hydrogen) atoms. The third-order valence-corrected chi connectivity index (χ3v) is 5.42. The van der Waals surface area contributed by atoms with Crippen LogP contribution in [0.4, 0.5) is 11.5 Å². The molecular formula is C26H21N7O. The van der Waals surface area contributed by atoms with Crippen molar-refractivity contribution in [3.05, 3.63) is 107 Å². The molecule has 8 heteroatoms. The summed E-state index contributed by atoms with van der Waals surface area (Å²) >= 11 is 0. The Labute approximate surface area is 195 Å². The molecule has 0 unspecified atom stereocenters. The van der Waals surface area contributed by atoms with Crippen LogP contribution in [0, 0.1) is 12.3 Å². The molecule has 5 aromatic rings. The Morgan fingerprint density at radius 3 is 2.29 bits per heavy atom. The van der Waals surface area contributed by atoms with E-state index in [9.17, 15) is 4.79 Å². The Balaban J connectivity index is 1.71. The fraction of sp³-hybridized carbons (Fsp3) is 0.0385. The standard InChI is InChI=1S/C26H21N7O/c1-17-7-13-21(14-8-17)33-25(19-11-9-18(10-12-19)23-28-16-29-32-23)31-24(22(15-27)26(33)34)30-20-5-3-2-4-6-20/h2-16,27,30H,1H3,(H,28,29,32). The van der Waals surface area contributed by atoms with Gasteiger partial charge in [-0.25, -0.2) is 9.97 Å². The molecule has 8 nitrogen and oxygen atoms in total. The molecule has 0 amide bonds. The quantitative estimate of drug-likeness (QED) is 0.326. The molecule has 3 N–H and O–H groups in total. The number of hydrogen-bond donors (Lipinski definition) is 3. The summed E-state index contributed by atoms with van der Waals surface area (Å²) in [4.78, 5) is 22.7. The van der Waals surface area contributed by atoms with Crippen molar-refractivity contribution in [2.24, 2.45) is 0 Å². The summed E-state index contributed by atoms with van der Waals surface area (Å²) < 4.78 is 1.54. The summed E-state index contributed by atoms with van der Waals surface area (Å²) in [6.07, 6.45) is 2.50. The molecule has 0 aliphatic rings. The van der Waals surface area contributed by atoms with Crippen LogP contribution >= 0.6 is 0 Å². The molecule has 0 radical (unpaired) electrons. The molecule has 166 valence electrons. The monoisotopic (exact) mass is 447 g/mol. The van der Waals surface area contributed by atoms with Gasteiger partial charge in [-0.1, -0.05) is 60.2 Å². The van der Waals surface area contributed by atoms with Gasteiger partial charge in [0.1, 0.15) is 23.5 Å². The van der Waals surface area contributed by atoms with Crippen LogP contribution in [0.2, 0.25) is 0 Å². The Hall–Kier alpha value is -4.85. The van der Waals surface area contributed by atoms with E-state index in [-0.39, 0.29) is 11.1 Å². The van der Waals surface area contributed by atoms with Gasteiger partial charge in [-0.3, -0.25) is 14.5 Å². The zero-order valence-electron chi connectivity index (χ0n) is 18.4. The van der Waals surface area contributed by atoms with Crippen LogP contribution in [-0.2, 0) is 0 Å². The van der Waals surface area contributed by atoms with Crippen molar-refractivity contribution in [3.8, 4) is 28.5 Å². The van der Waals surface area contributed by atoms with Gasteiger partial charge in [-0.15, -0.1) is 0 Å². The number of nitrogens with zero attached hydrogens (tertiary/aromatic N) is 4. The van der Waals surface area contributed by atoms with Gasteiger partial charge in [0.05, 0.1) is 5.69 Å². The number of para-hydroxylation sites is 1. The second-order valence-corrected chi connectivity index (χ2v) is 7.72. The average molecular weight is 448 g/mol. The van der Waals surface area contributed by atoms with Crippen molar-refractivity contribution in [1.82, 2.24) is 24.7 Å². The van der Waals surface area contributed by atoms with Crippen LogP contribution in [0.3, 0.4) is 0 Å². The van der Waals surface area contributed by atoms with Crippen molar-refractivity contribution in [2.45, 2.75) is 6.92 Å². The topological polar surface area (TPSA) is 112 Å². The summed E-state index contributed by atoms with van der Waals surface area (Å²) in [5.41, 5.74) is 3.98. The first-order chi connectivity index (χ1) is 16.6. The molecule has 0 saturated heterocycles. The SMILES string of the molecule is Cc1ccc(-n2c(-c3ccc(-c4ncn[nH]4)cc3)nc(Nc3ccccc3)c(C=N)c2=O)cc1. The molecule has 2 aromatic heterocycles. The summed E-state index contributed by atoms with van der Waals surface area (Å²) in [6.45, 7) is 1.99. The van der Waals surface area contributed by atoms with Crippen LogP contribution in [0.25, 0.3) is 28.5 Å². The van der Waals surface area contributed by atoms with Crippen LogP contribution in [0.1, 0.15) is 11.1 Å². The minimum atomic E-state index is -0.332. The highest BCUT2D eigenvalue weighted by atomic mass is 16.1. The van der Waals surface area contributed by atoms with E-state index in [1.54, 1.807) is 4.57 Å². The fourth-order valence-electron chi connectivity index (χ4n) is 3.67. The molecule has 0 fully saturated rings. The van der Waals surface area contributed by atoms with E-state index < -0.39 is 0 Å². The van der Waals surface area contributed by atoms with E-state index in [1.807, 2.05) is 85.8 Å². The van der Waals surface area contributed by atoms with Crippen molar-refractivity contribution >= 4 is 17.7 Å². The predicted molar refractivity (Wildman–Crippen MR) is 133 cm³/mol. The Kier molecular flexibility index (Phi) is 5.53. The maximum Gasteiger partial charge on any atom is 0.269 e. The Morgan fingerprint density at radius 1 is 0.941 bits per heavy atom. The zero-order valence-corrected chi connectivity index (χ0v) is 18.4. The number of hydrogen-bond acceptors (Lipinski definition) is 6. The minimum Gasteiger partial charge on any atom is -0.339 e. The molecule has 0 atom stereocenters. The van der Waals surface area contributed by atoms with Crippen LogP contribution in [0.5, 0.6) is 0 Å². The number of nitrogens with one attached hydrogen (secondary N) is 3. The van der Waals surface area contributed by atoms with Gasteiger partial charge in [0.25, 0.3) is 5.56 Å². The number of H-pyrrole nitrogens is 1. The first-order valence-electron chi connectivity index (χ1n) is 10.7. The summed E-state index contributed by atoms with van der Waals surface area (Å²) in [7, 11) is 0. The molecule has 0 saturated carbocycles. The Bertz CT molecular complexity index is 1490. The van der Waals surface area contributed by atoms with Gasteiger partial charge in [0, 0.05) is 23.0 Å². The van der Waals surface area contributed by atoms with Gasteiger partial charge < -0.3 is 10.7 Å². The molecule has 3 aromatic carbocycles. The van der Waals surface area contributed by atoms with Crippen molar-refractivity contribution in [1.29, 1.82) is 5.41 Å². The highest BCUT2D eigenvalue weighted by Gasteiger charge is 2.18. The first-order valence-corrected chi connectivity index (χ1v) is 10.7. The van der Waals surface area contributed by atoms with Gasteiger partial charge in [0.15, 0.2) is 5.82 Å². The zero-order chi connectivity index (χ0) is 23.5.